The highest BCUT2D eigenvalue weighted by Crippen LogP contribution is 2.18. The SMILES string of the molecule is COc1ccc(-n2nc(N3CCN(C(=O)c4cccc(OC)c4)CC3)ccc2=O)cc1. The van der Waals surface area contributed by atoms with Crippen molar-refractivity contribution in [3.8, 4) is 17.2 Å². The number of hydrogen-bond acceptors (Lipinski definition) is 6. The minimum Gasteiger partial charge on any atom is -0.497 e. The van der Waals surface area contributed by atoms with Crippen LogP contribution in [0.25, 0.3) is 5.69 Å². The Balaban J connectivity index is 1.47. The smallest absolute Gasteiger partial charge is 0.271 e. The van der Waals surface area contributed by atoms with Gasteiger partial charge < -0.3 is 19.3 Å². The van der Waals surface area contributed by atoms with Crippen LogP contribution in [0.2, 0.25) is 0 Å². The molecule has 1 aromatic heterocycles. The lowest BCUT2D eigenvalue weighted by Crippen LogP contribution is -2.49. The summed E-state index contributed by atoms with van der Waals surface area (Å²) in [4.78, 5) is 29.1. The van der Waals surface area contributed by atoms with Crippen molar-refractivity contribution in [3.63, 3.8) is 0 Å². The van der Waals surface area contributed by atoms with E-state index in [4.69, 9.17) is 9.47 Å². The predicted molar refractivity (Wildman–Crippen MR) is 117 cm³/mol. The monoisotopic (exact) mass is 420 g/mol. The lowest BCUT2D eigenvalue weighted by molar-refractivity contribution is 0.0746. The molecule has 8 heteroatoms. The molecule has 0 N–H and O–H groups in total. The van der Waals surface area contributed by atoms with Gasteiger partial charge in [0.25, 0.3) is 11.5 Å². The van der Waals surface area contributed by atoms with Gasteiger partial charge in [0.1, 0.15) is 17.3 Å². The summed E-state index contributed by atoms with van der Waals surface area (Å²) in [6.07, 6.45) is 0. The molecule has 8 nitrogen and oxygen atoms in total. The number of amides is 1. The molecule has 2 heterocycles. The van der Waals surface area contributed by atoms with Crippen molar-refractivity contribution in [2.45, 2.75) is 0 Å². The first-order valence-corrected chi connectivity index (χ1v) is 10.0. The van der Waals surface area contributed by atoms with E-state index in [1.54, 1.807) is 56.7 Å². The second-order valence-electron chi connectivity index (χ2n) is 7.15. The average molecular weight is 420 g/mol. The van der Waals surface area contributed by atoms with E-state index in [-0.39, 0.29) is 11.5 Å². The number of nitrogens with zero attached hydrogens (tertiary/aromatic N) is 4. The Bertz CT molecular complexity index is 1120. The summed E-state index contributed by atoms with van der Waals surface area (Å²) in [5.41, 5.74) is 1.07. The quantitative estimate of drug-likeness (QED) is 0.630. The van der Waals surface area contributed by atoms with Crippen molar-refractivity contribution in [1.29, 1.82) is 0 Å². The molecule has 0 spiro atoms. The molecule has 0 saturated carbocycles. The van der Waals surface area contributed by atoms with Gasteiger partial charge >= 0.3 is 0 Å². The number of hydrogen-bond donors (Lipinski definition) is 0. The number of ether oxygens (including phenoxy) is 2. The number of aromatic nitrogens is 2. The minimum absolute atomic E-state index is 0.0188. The third-order valence-electron chi connectivity index (χ3n) is 5.31. The number of carbonyl (C=O) groups excluding carboxylic acids is 1. The Kier molecular flexibility index (Phi) is 5.88. The summed E-state index contributed by atoms with van der Waals surface area (Å²) < 4.78 is 11.8. The summed E-state index contributed by atoms with van der Waals surface area (Å²) in [5.74, 6) is 2.05. The summed E-state index contributed by atoms with van der Waals surface area (Å²) in [6, 6.07) is 17.6. The number of rotatable bonds is 5. The first-order chi connectivity index (χ1) is 15.1. The molecular weight excluding hydrogens is 396 g/mol. The van der Waals surface area contributed by atoms with Crippen LogP contribution in [-0.2, 0) is 0 Å². The maximum Gasteiger partial charge on any atom is 0.271 e. The molecule has 0 bridgehead atoms. The van der Waals surface area contributed by atoms with Gasteiger partial charge in [-0.3, -0.25) is 9.59 Å². The summed E-state index contributed by atoms with van der Waals surface area (Å²) >= 11 is 0. The molecule has 1 aliphatic rings. The molecule has 31 heavy (non-hydrogen) atoms. The van der Waals surface area contributed by atoms with Crippen LogP contribution in [0.5, 0.6) is 11.5 Å². The van der Waals surface area contributed by atoms with E-state index in [1.807, 2.05) is 17.0 Å². The van der Waals surface area contributed by atoms with Crippen LogP contribution in [-0.4, -0.2) is 61.0 Å². The first-order valence-electron chi connectivity index (χ1n) is 10.0. The molecule has 0 unspecified atom stereocenters. The van der Waals surface area contributed by atoms with Gasteiger partial charge in [0.15, 0.2) is 0 Å². The molecule has 1 fully saturated rings. The maximum atomic E-state index is 12.8. The molecule has 1 amide bonds. The third kappa shape index (κ3) is 4.37. The van der Waals surface area contributed by atoms with E-state index in [0.717, 1.165) is 0 Å². The lowest BCUT2D eigenvalue weighted by atomic mass is 10.1. The number of benzene rings is 2. The summed E-state index contributed by atoms with van der Waals surface area (Å²) in [5, 5.41) is 4.54. The van der Waals surface area contributed by atoms with Crippen LogP contribution in [0.4, 0.5) is 5.82 Å². The fourth-order valence-electron chi connectivity index (χ4n) is 3.56. The van der Waals surface area contributed by atoms with Gasteiger partial charge in [0.05, 0.1) is 19.9 Å². The first kappa shape index (κ1) is 20.5. The van der Waals surface area contributed by atoms with Crippen molar-refractivity contribution in [2.75, 3.05) is 45.3 Å². The van der Waals surface area contributed by atoms with Crippen LogP contribution in [0, 0.1) is 0 Å². The van der Waals surface area contributed by atoms with Gasteiger partial charge in [-0.25, -0.2) is 0 Å². The maximum absolute atomic E-state index is 12.8. The van der Waals surface area contributed by atoms with Crippen LogP contribution >= 0.6 is 0 Å². The van der Waals surface area contributed by atoms with Crippen molar-refractivity contribution in [2.24, 2.45) is 0 Å². The summed E-state index contributed by atoms with van der Waals surface area (Å²) in [7, 11) is 3.18. The number of anilines is 1. The Morgan fingerprint density at radius 1 is 0.871 bits per heavy atom. The summed E-state index contributed by atoms with van der Waals surface area (Å²) in [6.45, 7) is 2.39. The highest BCUT2D eigenvalue weighted by atomic mass is 16.5. The number of methoxy groups -OCH3 is 2. The Morgan fingerprint density at radius 2 is 1.58 bits per heavy atom. The van der Waals surface area contributed by atoms with E-state index in [1.165, 1.54) is 10.7 Å². The van der Waals surface area contributed by atoms with Gasteiger partial charge in [-0.05, 0) is 48.5 Å². The van der Waals surface area contributed by atoms with Crippen molar-refractivity contribution in [3.05, 3.63) is 76.6 Å². The van der Waals surface area contributed by atoms with Gasteiger partial charge in [-0.15, -0.1) is 5.10 Å². The van der Waals surface area contributed by atoms with Crippen LogP contribution in [0.15, 0.2) is 65.5 Å². The lowest BCUT2D eigenvalue weighted by Gasteiger charge is -2.35. The van der Waals surface area contributed by atoms with E-state index in [0.29, 0.717) is 54.7 Å². The topological polar surface area (TPSA) is 76.9 Å². The average Bonchev–Trinajstić information content (AvgIpc) is 2.84. The van der Waals surface area contributed by atoms with Crippen LogP contribution in [0.1, 0.15) is 10.4 Å². The zero-order valence-electron chi connectivity index (χ0n) is 17.5. The Labute approximate surface area is 180 Å². The predicted octanol–water partition coefficient (Wildman–Crippen LogP) is 2.21. The van der Waals surface area contributed by atoms with Gasteiger partial charge in [-0.1, -0.05) is 6.07 Å². The molecule has 0 atom stereocenters. The van der Waals surface area contributed by atoms with E-state index in [9.17, 15) is 9.59 Å². The molecule has 2 aromatic carbocycles. The molecule has 3 aromatic rings. The second-order valence-corrected chi connectivity index (χ2v) is 7.15. The molecule has 0 aliphatic carbocycles. The minimum atomic E-state index is -0.208. The molecule has 0 radical (unpaired) electrons. The number of carbonyl (C=O) groups is 1. The Morgan fingerprint density at radius 3 is 2.26 bits per heavy atom. The molecule has 160 valence electrons. The molecule has 4 rings (SSSR count). The molecular formula is C23H24N4O4. The van der Waals surface area contributed by atoms with Crippen molar-refractivity contribution in [1.82, 2.24) is 14.7 Å². The fraction of sp³-hybridized carbons (Fsp3) is 0.261. The normalized spacial score (nSPS) is 13.7. The third-order valence-corrected chi connectivity index (χ3v) is 5.31. The Hall–Kier alpha value is -3.81. The fourth-order valence-corrected chi connectivity index (χ4v) is 3.56. The van der Waals surface area contributed by atoms with E-state index in [2.05, 4.69) is 10.00 Å². The van der Waals surface area contributed by atoms with E-state index >= 15 is 0 Å². The van der Waals surface area contributed by atoms with Gasteiger partial charge in [0.2, 0.25) is 0 Å². The highest BCUT2D eigenvalue weighted by molar-refractivity contribution is 5.94. The largest absolute Gasteiger partial charge is 0.497 e. The van der Waals surface area contributed by atoms with E-state index < -0.39 is 0 Å². The standard InChI is InChI=1S/C23H24N4O4/c1-30-19-8-6-18(7-9-19)27-22(28)11-10-21(24-27)25-12-14-26(15-13-25)23(29)17-4-3-5-20(16-17)31-2/h3-11,16H,12-15H2,1-2H3. The second kappa shape index (κ2) is 8.91. The van der Waals surface area contributed by atoms with Crippen LogP contribution in [0.3, 0.4) is 0 Å². The zero-order chi connectivity index (χ0) is 21.8. The van der Waals surface area contributed by atoms with Crippen molar-refractivity contribution < 1.29 is 14.3 Å². The van der Waals surface area contributed by atoms with Crippen LogP contribution < -0.4 is 19.9 Å². The molecule has 1 saturated heterocycles. The highest BCUT2D eigenvalue weighted by Gasteiger charge is 2.23. The van der Waals surface area contributed by atoms with Gasteiger partial charge in [0, 0.05) is 37.8 Å². The zero-order valence-corrected chi connectivity index (χ0v) is 17.5. The molecule has 1 aliphatic heterocycles. The van der Waals surface area contributed by atoms with Gasteiger partial charge in [-0.2, -0.15) is 4.68 Å². The number of piperazine rings is 1. The van der Waals surface area contributed by atoms with Crippen molar-refractivity contribution >= 4 is 11.7 Å².